The van der Waals surface area contributed by atoms with Gasteiger partial charge in [-0.05, 0) is 24.3 Å². The van der Waals surface area contributed by atoms with E-state index in [0.29, 0.717) is 0 Å². The molecule has 0 spiro atoms. The van der Waals surface area contributed by atoms with Crippen molar-refractivity contribution in [3.8, 4) is 0 Å². The molecule has 2 aromatic rings. The minimum absolute atomic E-state index is 0.0496. The number of hydrogen-bond donors (Lipinski definition) is 1. The molecule has 1 N–H and O–H groups in total. The Morgan fingerprint density at radius 3 is 2.46 bits per heavy atom. The van der Waals surface area contributed by atoms with Gasteiger partial charge in [-0.15, -0.1) is 0 Å². The largest absolute Gasteiger partial charge is 0.323 e. The maximum Gasteiger partial charge on any atom is 0.255 e. The quantitative estimate of drug-likeness (QED) is 0.827. The van der Waals surface area contributed by atoms with Crippen LogP contribution in [0.3, 0.4) is 0 Å². The molecule has 1 aliphatic heterocycles. The lowest BCUT2D eigenvalue weighted by atomic mass is 10.2. The third-order valence-electron chi connectivity index (χ3n) is 3.77. The SMILES string of the molecule is CN1C(=O)C(C(=O)Nc2ccccc2Cl)S(=O)(=O)c2ccccc21. The van der Waals surface area contributed by atoms with Crippen LogP contribution in [-0.4, -0.2) is 32.5 Å². The van der Waals surface area contributed by atoms with Crippen molar-refractivity contribution in [2.75, 3.05) is 17.3 Å². The Kier molecular flexibility index (Phi) is 4.06. The molecule has 0 saturated carbocycles. The number of benzene rings is 2. The van der Waals surface area contributed by atoms with Crippen LogP contribution in [0.5, 0.6) is 0 Å². The first kappa shape index (κ1) is 16.5. The van der Waals surface area contributed by atoms with E-state index in [2.05, 4.69) is 5.32 Å². The van der Waals surface area contributed by atoms with Gasteiger partial charge in [-0.3, -0.25) is 9.59 Å². The summed E-state index contributed by atoms with van der Waals surface area (Å²) in [4.78, 5) is 26.1. The van der Waals surface area contributed by atoms with Crippen LogP contribution in [-0.2, 0) is 19.4 Å². The standard InChI is InChI=1S/C16H13ClN2O4S/c1-19-12-8-4-5-9-13(12)24(22,23)14(16(19)21)15(20)18-11-7-3-2-6-10(11)17/h2-9,14H,1H3,(H,18,20). The first-order chi connectivity index (χ1) is 11.3. The van der Waals surface area contributed by atoms with Crippen molar-refractivity contribution in [3.05, 3.63) is 53.6 Å². The fourth-order valence-corrected chi connectivity index (χ4v) is 4.51. The van der Waals surface area contributed by atoms with Gasteiger partial charge < -0.3 is 10.2 Å². The van der Waals surface area contributed by atoms with Crippen LogP contribution in [0.1, 0.15) is 0 Å². The molecule has 124 valence electrons. The highest BCUT2D eigenvalue weighted by Gasteiger charge is 2.47. The first-order valence-electron chi connectivity index (χ1n) is 7.00. The van der Waals surface area contributed by atoms with Crippen LogP contribution in [0.15, 0.2) is 53.4 Å². The number of nitrogens with one attached hydrogen (secondary N) is 1. The summed E-state index contributed by atoms with van der Waals surface area (Å²) in [5.74, 6) is -1.74. The monoisotopic (exact) mass is 364 g/mol. The van der Waals surface area contributed by atoms with E-state index in [9.17, 15) is 18.0 Å². The normalized spacial score (nSPS) is 18.8. The summed E-state index contributed by atoms with van der Waals surface area (Å²) in [5.41, 5.74) is 0.498. The second-order valence-electron chi connectivity index (χ2n) is 5.26. The summed E-state index contributed by atoms with van der Waals surface area (Å²) in [6.45, 7) is 0. The average molecular weight is 365 g/mol. The van der Waals surface area contributed by atoms with Crippen LogP contribution in [0.2, 0.25) is 5.02 Å². The second kappa shape index (κ2) is 5.92. The number of halogens is 1. The van der Waals surface area contributed by atoms with E-state index in [1.807, 2.05) is 0 Å². The van der Waals surface area contributed by atoms with E-state index in [4.69, 9.17) is 11.6 Å². The Morgan fingerprint density at radius 1 is 1.12 bits per heavy atom. The highest BCUT2D eigenvalue weighted by Crippen LogP contribution is 2.34. The van der Waals surface area contributed by atoms with Crippen LogP contribution in [0, 0.1) is 0 Å². The Morgan fingerprint density at radius 2 is 1.75 bits per heavy atom. The van der Waals surface area contributed by atoms with E-state index in [1.54, 1.807) is 30.3 Å². The Labute approximate surface area is 144 Å². The van der Waals surface area contributed by atoms with Crippen molar-refractivity contribution in [3.63, 3.8) is 0 Å². The molecule has 2 aromatic carbocycles. The zero-order valence-electron chi connectivity index (χ0n) is 12.6. The van der Waals surface area contributed by atoms with Gasteiger partial charge in [0.1, 0.15) is 0 Å². The van der Waals surface area contributed by atoms with E-state index >= 15 is 0 Å². The molecule has 1 unspecified atom stereocenters. The summed E-state index contributed by atoms with van der Waals surface area (Å²) in [6.07, 6.45) is 0. The molecule has 2 amide bonds. The molecule has 3 rings (SSSR count). The molecular formula is C16H13ClN2O4S. The molecule has 8 heteroatoms. The van der Waals surface area contributed by atoms with Gasteiger partial charge in [0, 0.05) is 7.05 Å². The minimum Gasteiger partial charge on any atom is -0.323 e. The van der Waals surface area contributed by atoms with Crippen LogP contribution in [0.25, 0.3) is 0 Å². The fourth-order valence-electron chi connectivity index (χ4n) is 2.54. The molecular weight excluding hydrogens is 352 g/mol. The van der Waals surface area contributed by atoms with Crippen molar-refractivity contribution in [1.29, 1.82) is 0 Å². The van der Waals surface area contributed by atoms with Crippen molar-refractivity contribution in [1.82, 2.24) is 0 Å². The lowest BCUT2D eigenvalue weighted by Gasteiger charge is -2.30. The number of fused-ring (bicyclic) bond motifs is 1. The summed E-state index contributed by atoms with van der Waals surface area (Å²) in [7, 11) is -2.71. The fraction of sp³-hybridized carbons (Fsp3) is 0.125. The van der Waals surface area contributed by atoms with Gasteiger partial charge in [-0.25, -0.2) is 8.42 Å². The Balaban J connectivity index is 2.03. The van der Waals surface area contributed by atoms with Crippen molar-refractivity contribution in [2.24, 2.45) is 0 Å². The van der Waals surface area contributed by atoms with Gasteiger partial charge in [-0.1, -0.05) is 35.9 Å². The second-order valence-corrected chi connectivity index (χ2v) is 7.67. The molecule has 6 nitrogen and oxygen atoms in total. The summed E-state index contributed by atoms with van der Waals surface area (Å²) in [6, 6.07) is 12.5. The number of carbonyl (C=O) groups is 2. The van der Waals surface area contributed by atoms with E-state index in [-0.39, 0.29) is 21.3 Å². The molecule has 0 bridgehead atoms. The third kappa shape index (κ3) is 2.55. The molecule has 1 heterocycles. The van der Waals surface area contributed by atoms with E-state index in [1.165, 1.54) is 30.1 Å². The number of rotatable bonds is 2. The summed E-state index contributed by atoms with van der Waals surface area (Å²) < 4.78 is 25.5. The number of nitrogens with zero attached hydrogens (tertiary/aromatic N) is 1. The van der Waals surface area contributed by atoms with Crippen molar-refractivity contribution in [2.45, 2.75) is 10.1 Å². The van der Waals surface area contributed by atoms with Gasteiger partial charge in [0.2, 0.25) is 15.1 Å². The number of anilines is 2. The highest BCUT2D eigenvalue weighted by atomic mass is 35.5. The number of para-hydroxylation sites is 2. The zero-order valence-corrected chi connectivity index (χ0v) is 14.1. The maximum absolute atomic E-state index is 12.7. The molecule has 1 aliphatic rings. The van der Waals surface area contributed by atoms with E-state index < -0.39 is 26.9 Å². The van der Waals surface area contributed by atoms with Gasteiger partial charge in [0.25, 0.3) is 11.8 Å². The number of carbonyl (C=O) groups excluding carboxylic acids is 2. The molecule has 1 atom stereocenters. The molecule has 0 radical (unpaired) electrons. The van der Waals surface area contributed by atoms with Crippen LogP contribution < -0.4 is 10.2 Å². The topological polar surface area (TPSA) is 83.6 Å². The van der Waals surface area contributed by atoms with Gasteiger partial charge in [0.05, 0.1) is 21.3 Å². The minimum atomic E-state index is -4.14. The van der Waals surface area contributed by atoms with Crippen molar-refractivity contribution < 1.29 is 18.0 Å². The van der Waals surface area contributed by atoms with Gasteiger partial charge in [-0.2, -0.15) is 0 Å². The molecule has 24 heavy (non-hydrogen) atoms. The highest BCUT2D eigenvalue weighted by molar-refractivity contribution is 7.94. The summed E-state index contributed by atoms with van der Waals surface area (Å²) in [5, 5.41) is 0.817. The average Bonchev–Trinajstić information content (AvgIpc) is 2.55. The third-order valence-corrected chi connectivity index (χ3v) is 6.09. The van der Waals surface area contributed by atoms with Crippen LogP contribution in [0.4, 0.5) is 11.4 Å². The number of sulfone groups is 1. The maximum atomic E-state index is 12.7. The lowest BCUT2D eigenvalue weighted by molar-refractivity contribution is -0.124. The first-order valence-corrected chi connectivity index (χ1v) is 8.92. The van der Waals surface area contributed by atoms with Crippen molar-refractivity contribution >= 4 is 44.6 Å². The zero-order chi connectivity index (χ0) is 17.5. The molecule has 0 saturated heterocycles. The predicted octanol–water partition coefficient (Wildman–Crippen LogP) is 2.10. The Bertz CT molecular complexity index is 943. The number of amides is 2. The van der Waals surface area contributed by atoms with Crippen LogP contribution >= 0.6 is 11.6 Å². The van der Waals surface area contributed by atoms with Gasteiger partial charge >= 0.3 is 0 Å². The molecule has 0 aromatic heterocycles. The smallest absolute Gasteiger partial charge is 0.255 e. The molecule has 0 aliphatic carbocycles. The summed E-state index contributed by atoms with van der Waals surface area (Å²) >= 11 is 5.96. The van der Waals surface area contributed by atoms with Gasteiger partial charge in [0.15, 0.2) is 0 Å². The predicted molar refractivity (Wildman–Crippen MR) is 90.9 cm³/mol. The molecule has 0 fully saturated rings. The lowest BCUT2D eigenvalue weighted by Crippen LogP contribution is -2.51. The Hall–Kier alpha value is -2.38. The van der Waals surface area contributed by atoms with E-state index in [0.717, 1.165) is 0 Å². The number of hydrogen-bond acceptors (Lipinski definition) is 4.